The minimum absolute atomic E-state index is 0.0341. The average Bonchev–Trinajstić information content (AvgIpc) is 3.84. The molecule has 2 N–H and O–H groups in total. The monoisotopic (exact) mass is 999 g/mol. The van der Waals surface area contributed by atoms with Crippen molar-refractivity contribution in [2.75, 3.05) is 42.5 Å². The van der Waals surface area contributed by atoms with Crippen molar-refractivity contribution in [3.63, 3.8) is 0 Å². The number of benzene rings is 2. The number of aromatic amines is 1. The van der Waals surface area contributed by atoms with Gasteiger partial charge in [-0.15, -0.1) is 0 Å². The highest BCUT2D eigenvalue weighted by Gasteiger charge is 2.48. The highest BCUT2D eigenvalue weighted by Crippen LogP contribution is 2.50. The van der Waals surface area contributed by atoms with Gasteiger partial charge in [-0.3, -0.25) is 14.6 Å². The molecule has 1 saturated heterocycles. The summed E-state index contributed by atoms with van der Waals surface area (Å²) in [5, 5.41) is 13.6. The van der Waals surface area contributed by atoms with Gasteiger partial charge in [-0.25, -0.2) is 22.7 Å². The molecule has 1 aliphatic heterocycles. The first-order chi connectivity index (χ1) is 33.1. The normalized spacial score (nSPS) is 20.4. The van der Waals surface area contributed by atoms with Gasteiger partial charge in [0.25, 0.3) is 10.0 Å². The van der Waals surface area contributed by atoms with Gasteiger partial charge in [0, 0.05) is 48.3 Å². The van der Waals surface area contributed by atoms with Crippen molar-refractivity contribution in [1.82, 2.24) is 14.6 Å². The summed E-state index contributed by atoms with van der Waals surface area (Å²) in [5.41, 5.74) is 1.87. The van der Waals surface area contributed by atoms with E-state index in [1.807, 2.05) is 36.9 Å². The standard InChI is InChI=1S/C56H82N6O8S/c1-16-24-68-44-30-46(45(69-25-17-2)29-39(44)56(14,15)34-53(5,6)7)71(65,66)60-42-28-36(21-22-43(42)61-23-19-20-37(32-61)51(63)67-18-3)49-58-50-47(38(31-57)33-62(50)59-49)52(64)70-48-40(54(8,9)10)26-35(4)27-41(48)55(11,12)13/h21-22,28-30,33,35,37,40-41,48,60H,16-20,23-27,32,34H2,1-15H3,(H,58,59). The number of carbonyl (C=O) groups is 2. The molecule has 6 rings (SSSR count). The Hall–Kier alpha value is -5.23. The van der Waals surface area contributed by atoms with E-state index < -0.39 is 27.3 Å². The summed E-state index contributed by atoms with van der Waals surface area (Å²) in [6, 6.07) is 11.0. The molecule has 2 aromatic heterocycles. The van der Waals surface area contributed by atoms with Gasteiger partial charge in [0.15, 0.2) is 11.5 Å². The number of nitriles is 1. The number of hydrogen-bond donors (Lipinski definition) is 2. The third-order valence-corrected chi connectivity index (χ3v) is 15.6. The minimum atomic E-state index is -4.41. The number of rotatable bonds is 17. The number of hydrogen-bond acceptors (Lipinski definition) is 11. The number of ether oxygens (including phenoxy) is 4. The summed E-state index contributed by atoms with van der Waals surface area (Å²) in [4.78, 5) is 34.5. The van der Waals surface area contributed by atoms with Crippen LogP contribution in [0.3, 0.4) is 0 Å². The number of anilines is 2. The van der Waals surface area contributed by atoms with Crippen LogP contribution in [0.15, 0.2) is 41.4 Å². The Morgan fingerprint density at radius 1 is 0.901 bits per heavy atom. The van der Waals surface area contributed by atoms with Gasteiger partial charge < -0.3 is 23.8 Å². The number of nitrogens with zero attached hydrogens (tertiary/aromatic N) is 4. The summed E-state index contributed by atoms with van der Waals surface area (Å²) in [5.74, 6) is 0.368. The molecule has 4 aromatic rings. The number of nitrogens with one attached hydrogen (secondary N) is 2. The Balaban J connectivity index is 1.47. The smallest absolute Gasteiger partial charge is 0.343 e. The van der Waals surface area contributed by atoms with E-state index in [0.29, 0.717) is 74.3 Å². The predicted octanol–water partition coefficient (Wildman–Crippen LogP) is 12.4. The molecular formula is C56H82N6O8S. The van der Waals surface area contributed by atoms with E-state index in [2.05, 4.69) is 99.0 Å². The van der Waals surface area contributed by atoms with Crippen LogP contribution in [0, 0.1) is 51.2 Å². The third-order valence-electron chi connectivity index (χ3n) is 14.2. The van der Waals surface area contributed by atoms with Gasteiger partial charge in [0.05, 0.1) is 42.7 Å². The van der Waals surface area contributed by atoms with Crippen LogP contribution < -0.4 is 19.1 Å². The first-order valence-electron chi connectivity index (χ1n) is 25.9. The van der Waals surface area contributed by atoms with E-state index in [0.717, 1.165) is 31.2 Å². The fourth-order valence-corrected chi connectivity index (χ4v) is 12.4. The lowest BCUT2D eigenvalue weighted by Gasteiger charge is -2.50. The van der Waals surface area contributed by atoms with Gasteiger partial charge >= 0.3 is 11.9 Å². The zero-order valence-electron chi connectivity index (χ0n) is 45.3. The molecule has 0 spiro atoms. The molecule has 71 heavy (non-hydrogen) atoms. The second kappa shape index (κ2) is 21.5. The van der Waals surface area contributed by atoms with Crippen LogP contribution in [0.25, 0.3) is 17.0 Å². The second-order valence-corrected chi connectivity index (χ2v) is 25.8. The Labute approximate surface area is 424 Å². The first-order valence-corrected chi connectivity index (χ1v) is 27.4. The van der Waals surface area contributed by atoms with E-state index in [1.165, 1.54) is 6.20 Å². The maximum Gasteiger partial charge on any atom is 0.343 e. The molecule has 0 bridgehead atoms. The topological polar surface area (TPSA) is 177 Å². The van der Waals surface area contributed by atoms with Gasteiger partial charge in [-0.2, -0.15) is 5.26 Å². The molecule has 3 atom stereocenters. The molecule has 3 heterocycles. The fraction of sp³-hybridized carbons (Fsp3) is 0.643. The lowest BCUT2D eigenvalue weighted by atomic mass is 9.59. The molecule has 0 amide bonds. The molecule has 2 aliphatic rings. The van der Waals surface area contributed by atoms with Crippen molar-refractivity contribution in [2.45, 2.75) is 165 Å². The maximum atomic E-state index is 15.1. The summed E-state index contributed by atoms with van der Waals surface area (Å²) >= 11 is 0. The lowest BCUT2D eigenvalue weighted by Crippen LogP contribution is -2.49. The van der Waals surface area contributed by atoms with Gasteiger partial charge in [-0.1, -0.05) is 96.9 Å². The maximum absolute atomic E-state index is 15.1. The van der Waals surface area contributed by atoms with Crippen LogP contribution >= 0.6 is 0 Å². The SMILES string of the molecule is CCCOc1cc(S(=O)(=O)Nc2cc(-c3nc4c(C(=O)OC5C(C(C)(C)C)CC(C)CC5C(C)(C)C)c(C#N)cn4[nH]3)ccc2N2CCCC(C(=O)OCC)C2)c(OCCC)cc1C(C)(C)CC(C)(C)C. The van der Waals surface area contributed by atoms with Gasteiger partial charge in [0.1, 0.15) is 34.1 Å². The Morgan fingerprint density at radius 3 is 2.11 bits per heavy atom. The highest BCUT2D eigenvalue weighted by molar-refractivity contribution is 7.92. The van der Waals surface area contributed by atoms with Crippen LogP contribution in [0.5, 0.6) is 11.5 Å². The Kier molecular flexibility index (Phi) is 16.7. The summed E-state index contributed by atoms with van der Waals surface area (Å²) in [7, 11) is -4.41. The second-order valence-electron chi connectivity index (χ2n) is 24.2. The predicted molar refractivity (Wildman–Crippen MR) is 281 cm³/mol. The number of esters is 2. The molecule has 15 heteroatoms. The van der Waals surface area contributed by atoms with E-state index in [9.17, 15) is 14.9 Å². The molecular weight excluding hydrogens is 917 g/mol. The number of aromatic nitrogens is 3. The molecule has 14 nitrogen and oxygen atoms in total. The highest BCUT2D eigenvalue weighted by atomic mass is 32.2. The summed E-state index contributed by atoms with van der Waals surface area (Å²) in [6.45, 7) is 33.9. The van der Waals surface area contributed by atoms with Crippen LogP contribution in [0.2, 0.25) is 0 Å². The zero-order chi connectivity index (χ0) is 52.4. The molecule has 1 saturated carbocycles. The molecule has 1 aliphatic carbocycles. The molecule has 0 radical (unpaired) electrons. The van der Waals surface area contributed by atoms with Crippen molar-refractivity contribution < 1.29 is 37.0 Å². The average molecular weight is 999 g/mol. The Bertz CT molecular complexity index is 2670. The largest absolute Gasteiger partial charge is 0.493 e. The molecule has 3 unspecified atom stereocenters. The number of H-pyrrole nitrogens is 1. The first kappa shape index (κ1) is 55.1. The quantitative estimate of drug-likeness (QED) is 0.0962. The molecule has 390 valence electrons. The minimum Gasteiger partial charge on any atom is -0.493 e. The van der Waals surface area contributed by atoms with Crippen LogP contribution in [-0.4, -0.2) is 74.0 Å². The van der Waals surface area contributed by atoms with Crippen LogP contribution in [0.1, 0.15) is 170 Å². The number of fused-ring (bicyclic) bond motifs is 1. The van der Waals surface area contributed by atoms with Gasteiger partial charge in [0.2, 0.25) is 0 Å². The van der Waals surface area contributed by atoms with Crippen molar-refractivity contribution in [3.8, 4) is 29.0 Å². The van der Waals surface area contributed by atoms with Gasteiger partial charge in [-0.05, 0) is 104 Å². The van der Waals surface area contributed by atoms with Crippen molar-refractivity contribution in [3.05, 3.63) is 53.2 Å². The Morgan fingerprint density at radius 2 is 1.54 bits per heavy atom. The van der Waals surface area contributed by atoms with Crippen LogP contribution in [-0.2, 0) is 29.7 Å². The van der Waals surface area contributed by atoms with Crippen molar-refractivity contribution >= 4 is 39.0 Å². The number of sulfonamides is 1. The fourth-order valence-electron chi connectivity index (χ4n) is 11.1. The van der Waals surface area contributed by atoms with E-state index in [1.54, 1.807) is 23.6 Å². The number of carbonyl (C=O) groups excluding carboxylic acids is 2. The number of piperidine rings is 1. The lowest BCUT2D eigenvalue weighted by molar-refractivity contribution is -0.148. The summed E-state index contributed by atoms with van der Waals surface area (Å²) < 4.78 is 59.4. The zero-order valence-corrected chi connectivity index (χ0v) is 46.1. The van der Waals surface area contributed by atoms with Crippen molar-refractivity contribution in [1.29, 1.82) is 5.26 Å². The van der Waals surface area contributed by atoms with Crippen molar-refractivity contribution in [2.24, 2.45) is 39.9 Å². The van der Waals surface area contributed by atoms with E-state index in [-0.39, 0.29) is 79.9 Å². The van der Waals surface area contributed by atoms with E-state index >= 15 is 8.42 Å². The summed E-state index contributed by atoms with van der Waals surface area (Å²) in [6.07, 6.45) is 6.52. The van der Waals surface area contributed by atoms with E-state index in [4.69, 9.17) is 23.9 Å². The molecule has 2 fully saturated rings. The third kappa shape index (κ3) is 12.7. The molecule has 2 aromatic carbocycles. The van der Waals surface area contributed by atoms with Crippen LogP contribution in [0.4, 0.5) is 11.4 Å².